The van der Waals surface area contributed by atoms with Gasteiger partial charge in [-0.05, 0) is 31.0 Å². The minimum absolute atomic E-state index is 0.0406. The molecule has 6 heteroatoms. The maximum absolute atomic E-state index is 12.0. The number of hydrogen-bond donors (Lipinski definition) is 2. The zero-order chi connectivity index (χ0) is 14.7. The van der Waals surface area contributed by atoms with Crippen LogP contribution in [0.15, 0.2) is 18.2 Å². The van der Waals surface area contributed by atoms with E-state index in [-0.39, 0.29) is 23.7 Å². The zero-order valence-electron chi connectivity index (χ0n) is 11.1. The van der Waals surface area contributed by atoms with Crippen LogP contribution in [0.3, 0.4) is 0 Å². The second-order valence-electron chi connectivity index (χ2n) is 4.86. The summed E-state index contributed by atoms with van der Waals surface area (Å²) < 4.78 is 0. The SMILES string of the molecule is CCCNC(=O)C1CC1C(=O)Nc1ccc(Cl)c(Cl)c1. The maximum Gasteiger partial charge on any atom is 0.228 e. The van der Waals surface area contributed by atoms with Gasteiger partial charge >= 0.3 is 0 Å². The number of carbonyl (C=O) groups is 2. The van der Waals surface area contributed by atoms with E-state index in [1.54, 1.807) is 18.2 Å². The van der Waals surface area contributed by atoms with Crippen LogP contribution in [-0.2, 0) is 9.59 Å². The van der Waals surface area contributed by atoms with Crippen molar-refractivity contribution in [2.24, 2.45) is 11.8 Å². The van der Waals surface area contributed by atoms with Gasteiger partial charge in [-0.1, -0.05) is 30.1 Å². The molecular weight excluding hydrogens is 299 g/mol. The van der Waals surface area contributed by atoms with Crippen LogP contribution in [0.2, 0.25) is 10.0 Å². The van der Waals surface area contributed by atoms with Crippen LogP contribution < -0.4 is 10.6 Å². The fraction of sp³-hybridized carbons (Fsp3) is 0.429. The molecule has 1 aliphatic carbocycles. The summed E-state index contributed by atoms with van der Waals surface area (Å²) in [6.45, 7) is 2.64. The third kappa shape index (κ3) is 3.64. The van der Waals surface area contributed by atoms with Crippen molar-refractivity contribution in [3.05, 3.63) is 28.2 Å². The van der Waals surface area contributed by atoms with Gasteiger partial charge in [0.15, 0.2) is 0 Å². The molecule has 0 saturated heterocycles. The normalized spacial score (nSPS) is 20.4. The summed E-state index contributed by atoms with van der Waals surface area (Å²) in [5.41, 5.74) is 0.587. The molecule has 1 aliphatic rings. The lowest BCUT2D eigenvalue weighted by Gasteiger charge is -2.06. The molecule has 0 radical (unpaired) electrons. The van der Waals surface area contributed by atoms with Crippen LogP contribution >= 0.6 is 23.2 Å². The van der Waals surface area contributed by atoms with Gasteiger partial charge < -0.3 is 10.6 Å². The Balaban J connectivity index is 1.87. The highest BCUT2D eigenvalue weighted by molar-refractivity contribution is 6.42. The lowest BCUT2D eigenvalue weighted by Crippen LogP contribution is -2.27. The minimum Gasteiger partial charge on any atom is -0.356 e. The summed E-state index contributed by atoms with van der Waals surface area (Å²) >= 11 is 11.7. The van der Waals surface area contributed by atoms with Crippen molar-refractivity contribution in [3.63, 3.8) is 0 Å². The molecule has 0 aliphatic heterocycles. The predicted octanol–water partition coefficient (Wildman–Crippen LogP) is 3.09. The molecule has 1 fully saturated rings. The van der Waals surface area contributed by atoms with E-state index in [1.165, 1.54) is 0 Å². The van der Waals surface area contributed by atoms with Gasteiger partial charge in [-0.15, -0.1) is 0 Å². The standard InChI is InChI=1S/C14H16Cl2N2O2/c1-2-5-17-13(19)9-7-10(9)14(20)18-8-3-4-11(15)12(16)6-8/h3-4,6,9-10H,2,5,7H2,1H3,(H,17,19)(H,18,20). The Hall–Kier alpha value is -1.26. The van der Waals surface area contributed by atoms with Crippen LogP contribution in [0.5, 0.6) is 0 Å². The Morgan fingerprint density at radius 2 is 1.90 bits per heavy atom. The molecule has 0 spiro atoms. The number of halogens is 2. The summed E-state index contributed by atoms with van der Waals surface area (Å²) in [4.78, 5) is 23.7. The van der Waals surface area contributed by atoms with Crippen molar-refractivity contribution < 1.29 is 9.59 Å². The van der Waals surface area contributed by atoms with Crippen molar-refractivity contribution in [3.8, 4) is 0 Å². The Bertz CT molecular complexity index is 534. The predicted molar refractivity (Wildman–Crippen MR) is 80.0 cm³/mol. The van der Waals surface area contributed by atoms with Crippen LogP contribution in [0.1, 0.15) is 19.8 Å². The highest BCUT2D eigenvalue weighted by Gasteiger charge is 2.47. The molecule has 108 valence electrons. The molecule has 20 heavy (non-hydrogen) atoms. The number of amides is 2. The summed E-state index contributed by atoms with van der Waals surface area (Å²) in [5, 5.41) is 6.38. The molecule has 2 rings (SSSR count). The quantitative estimate of drug-likeness (QED) is 0.877. The zero-order valence-corrected chi connectivity index (χ0v) is 12.6. The van der Waals surface area contributed by atoms with Crippen LogP contribution in [0.25, 0.3) is 0 Å². The number of benzene rings is 1. The lowest BCUT2D eigenvalue weighted by molar-refractivity contribution is -0.125. The van der Waals surface area contributed by atoms with Gasteiger partial charge in [0.1, 0.15) is 0 Å². The smallest absolute Gasteiger partial charge is 0.228 e. The van der Waals surface area contributed by atoms with Gasteiger partial charge in [-0.2, -0.15) is 0 Å². The van der Waals surface area contributed by atoms with E-state index in [1.807, 2.05) is 6.92 Å². The number of nitrogens with one attached hydrogen (secondary N) is 2. The third-order valence-corrected chi connectivity index (χ3v) is 3.94. The summed E-state index contributed by atoms with van der Waals surface area (Å²) in [7, 11) is 0. The first kappa shape index (κ1) is 15.1. The van der Waals surface area contributed by atoms with Crippen LogP contribution in [0.4, 0.5) is 5.69 Å². The van der Waals surface area contributed by atoms with E-state index in [4.69, 9.17) is 23.2 Å². The monoisotopic (exact) mass is 314 g/mol. The second kappa shape index (κ2) is 6.46. The largest absolute Gasteiger partial charge is 0.356 e. The lowest BCUT2D eigenvalue weighted by atomic mass is 10.2. The van der Waals surface area contributed by atoms with Crippen molar-refractivity contribution >= 4 is 40.7 Å². The van der Waals surface area contributed by atoms with Gasteiger partial charge in [-0.25, -0.2) is 0 Å². The summed E-state index contributed by atoms with van der Waals surface area (Å²) in [6, 6.07) is 4.90. The second-order valence-corrected chi connectivity index (χ2v) is 5.67. The molecule has 2 N–H and O–H groups in total. The van der Waals surface area contributed by atoms with Gasteiger partial charge in [0.2, 0.25) is 11.8 Å². The van der Waals surface area contributed by atoms with Crippen LogP contribution in [-0.4, -0.2) is 18.4 Å². The highest BCUT2D eigenvalue weighted by atomic mass is 35.5. The van der Waals surface area contributed by atoms with Crippen LogP contribution in [0, 0.1) is 11.8 Å². The third-order valence-electron chi connectivity index (χ3n) is 3.20. The number of rotatable bonds is 5. The van der Waals surface area contributed by atoms with E-state index < -0.39 is 0 Å². The van der Waals surface area contributed by atoms with Crippen molar-refractivity contribution in [1.29, 1.82) is 0 Å². The average Bonchev–Trinajstić information content (AvgIpc) is 3.20. The van der Waals surface area contributed by atoms with E-state index in [0.29, 0.717) is 28.7 Å². The number of hydrogen-bond acceptors (Lipinski definition) is 2. The molecule has 0 bridgehead atoms. The molecule has 2 amide bonds. The summed E-state index contributed by atoms with van der Waals surface area (Å²) in [6.07, 6.45) is 1.49. The summed E-state index contributed by atoms with van der Waals surface area (Å²) in [5.74, 6) is -0.646. The van der Waals surface area contributed by atoms with Gasteiger partial charge in [0.05, 0.1) is 21.9 Å². The van der Waals surface area contributed by atoms with Gasteiger partial charge in [0.25, 0.3) is 0 Å². The van der Waals surface area contributed by atoms with Gasteiger partial charge in [-0.3, -0.25) is 9.59 Å². The molecule has 1 aromatic rings. The van der Waals surface area contributed by atoms with Crippen molar-refractivity contribution in [1.82, 2.24) is 5.32 Å². The molecule has 2 unspecified atom stereocenters. The topological polar surface area (TPSA) is 58.2 Å². The Kier molecular flexibility index (Phi) is 4.89. The van der Waals surface area contributed by atoms with E-state index in [9.17, 15) is 9.59 Å². The van der Waals surface area contributed by atoms with E-state index in [2.05, 4.69) is 10.6 Å². The first-order valence-corrected chi connectivity index (χ1v) is 7.32. The van der Waals surface area contributed by atoms with Crippen molar-refractivity contribution in [2.45, 2.75) is 19.8 Å². The number of anilines is 1. The Labute approximate surface area is 127 Å². The molecular formula is C14H16Cl2N2O2. The highest BCUT2D eigenvalue weighted by Crippen LogP contribution is 2.39. The fourth-order valence-corrected chi connectivity index (χ4v) is 2.26. The van der Waals surface area contributed by atoms with Gasteiger partial charge in [0, 0.05) is 12.2 Å². The molecule has 0 heterocycles. The van der Waals surface area contributed by atoms with E-state index in [0.717, 1.165) is 6.42 Å². The first-order valence-electron chi connectivity index (χ1n) is 6.56. The molecule has 2 atom stereocenters. The molecule has 0 aromatic heterocycles. The maximum atomic E-state index is 12.0. The molecule has 1 saturated carbocycles. The van der Waals surface area contributed by atoms with Crippen molar-refractivity contribution in [2.75, 3.05) is 11.9 Å². The van der Waals surface area contributed by atoms with E-state index >= 15 is 0 Å². The average molecular weight is 315 g/mol. The molecule has 4 nitrogen and oxygen atoms in total. The fourth-order valence-electron chi connectivity index (χ4n) is 1.96. The Morgan fingerprint density at radius 3 is 2.55 bits per heavy atom. The molecule has 1 aromatic carbocycles. The Morgan fingerprint density at radius 1 is 1.20 bits per heavy atom. The first-order chi connectivity index (χ1) is 9.52. The minimum atomic E-state index is -0.249. The number of carbonyl (C=O) groups excluding carboxylic acids is 2.